The van der Waals surface area contributed by atoms with Crippen molar-refractivity contribution in [1.82, 2.24) is 9.71 Å². The smallest absolute Gasteiger partial charge is 0.240 e. The van der Waals surface area contributed by atoms with E-state index in [0.717, 1.165) is 12.1 Å². The Morgan fingerprint density at radius 2 is 1.92 bits per heavy atom. The number of pyridine rings is 1. The molecule has 0 atom stereocenters. The van der Waals surface area contributed by atoms with Crippen LogP contribution in [0.25, 0.3) is 0 Å². The van der Waals surface area contributed by atoms with Gasteiger partial charge in [0.25, 0.3) is 0 Å². The van der Waals surface area contributed by atoms with Crippen LogP contribution in [0.1, 0.15) is 12.8 Å². The van der Waals surface area contributed by atoms with Gasteiger partial charge in [0, 0.05) is 19.0 Å². The Labute approximate surface area is 145 Å². The van der Waals surface area contributed by atoms with E-state index in [0.29, 0.717) is 18.0 Å². The van der Waals surface area contributed by atoms with Crippen LogP contribution < -0.4 is 14.8 Å². The zero-order valence-corrected chi connectivity index (χ0v) is 14.3. The first-order valence-corrected chi connectivity index (χ1v) is 8.94. The van der Waals surface area contributed by atoms with E-state index in [4.69, 9.17) is 4.74 Å². The van der Waals surface area contributed by atoms with Crippen molar-refractivity contribution in [2.75, 3.05) is 19.0 Å². The highest BCUT2D eigenvalue weighted by Gasteiger charge is 2.13. The van der Waals surface area contributed by atoms with Gasteiger partial charge in [-0.1, -0.05) is 0 Å². The molecule has 1 amide bonds. The molecule has 134 valence electrons. The van der Waals surface area contributed by atoms with Crippen molar-refractivity contribution in [3.05, 3.63) is 48.4 Å². The summed E-state index contributed by atoms with van der Waals surface area (Å²) in [5, 5.41) is 2.65. The highest BCUT2D eigenvalue weighted by Crippen LogP contribution is 2.12. The maximum atomic E-state index is 12.8. The molecule has 0 bridgehead atoms. The molecule has 1 heterocycles. The summed E-state index contributed by atoms with van der Waals surface area (Å²) in [4.78, 5) is 15.7. The van der Waals surface area contributed by atoms with Crippen LogP contribution in [-0.2, 0) is 14.8 Å². The van der Waals surface area contributed by atoms with Gasteiger partial charge < -0.3 is 10.1 Å². The summed E-state index contributed by atoms with van der Waals surface area (Å²) in [6, 6.07) is 7.78. The van der Waals surface area contributed by atoms with Crippen LogP contribution in [-0.4, -0.2) is 33.0 Å². The zero-order chi connectivity index (χ0) is 18.3. The second-order valence-corrected chi connectivity index (χ2v) is 6.86. The molecule has 7 nitrogen and oxygen atoms in total. The van der Waals surface area contributed by atoms with Crippen LogP contribution in [0.2, 0.25) is 0 Å². The van der Waals surface area contributed by atoms with Crippen LogP contribution in [0, 0.1) is 5.82 Å². The number of anilines is 1. The standard InChI is InChI=1S/C16H18FN3O4S/c1-24-16-9-6-13(11-18-16)20-15(21)3-2-10-19-25(22,23)14-7-4-12(17)5-8-14/h4-9,11,19H,2-3,10H2,1H3,(H,20,21). The fraction of sp³-hybridized carbons (Fsp3) is 0.250. The average molecular weight is 367 g/mol. The molecule has 25 heavy (non-hydrogen) atoms. The second-order valence-electron chi connectivity index (χ2n) is 5.09. The Bertz CT molecular complexity index is 808. The van der Waals surface area contributed by atoms with Gasteiger partial charge in [-0.3, -0.25) is 4.79 Å². The van der Waals surface area contributed by atoms with Crippen LogP contribution in [0.4, 0.5) is 10.1 Å². The molecular formula is C16H18FN3O4S. The fourth-order valence-electron chi connectivity index (χ4n) is 1.95. The quantitative estimate of drug-likeness (QED) is 0.695. The van der Waals surface area contributed by atoms with E-state index in [2.05, 4.69) is 15.0 Å². The lowest BCUT2D eigenvalue weighted by Crippen LogP contribution is -2.25. The zero-order valence-electron chi connectivity index (χ0n) is 13.5. The Kier molecular flexibility index (Phi) is 6.43. The first-order chi connectivity index (χ1) is 11.9. The van der Waals surface area contributed by atoms with E-state index in [1.807, 2.05) is 0 Å². The summed E-state index contributed by atoms with van der Waals surface area (Å²) in [6.45, 7) is 0.0913. The van der Waals surface area contributed by atoms with Gasteiger partial charge in [0.2, 0.25) is 21.8 Å². The summed E-state index contributed by atoms with van der Waals surface area (Å²) < 4.78 is 44.1. The van der Waals surface area contributed by atoms with E-state index in [1.54, 1.807) is 12.1 Å². The number of sulfonamides is 1. The van der Waals surface area contributed by atoms with Gasteiger partial charge in [-0.05, 0) is 36.8 Å². The van der Waals surface area contributed by atoms with Crippen molar-refractivity contribution in [3.63, 3.8) is 0 Å². The van der Waals surface area contributed by atoms with Gasteiger partial charge in [-0.15, -0.1) is 0 Å². The third-order valence-electron chi connectivity index (χ3n) is 3.23. The van der Waals surface area contributed by atoms with Crippen LogP contribution in [0.3, 0.4) is 0 Å². The average Bonchev–Trinajstić information content (AvgIpc) is 2.60. The van der Waals surface area contributed by atoms with Crippen molar-refractivity contribution in [1.29, 1.82) is 0 Å². The molecule has 1 aromatic heterocycles. The monoisotopic (exact) mass is 367 g/mol. The number of ether oxygens (including phenoxy) is 1. The SMILES string of the molecule is COc1ccc(NC(=O)CCCNS(=O)(=O)c2ccc(F)cc2)cn1. The highest BCUT2D eigenvalue weighted by molar-refractivity contribution is 7.89. The predicted molar refractivity (Wildman–Crippen MR) is 90.2 cm³/mol. The minimum Gasteiger partial charge on any atom is -0.481 e. The van der Waals surface area contributed by atoms with Gasteiger partial charge in [0.15, 0.2) is 0 Å². The number of hydrogen-bond donors (Lipinski definition) is 2. The van der Waals surface area contributed by atoms with E-state index in [1.165, 1.54) is 25.4 Å². The number of methoxy groups -OCH3 is 1. The Morgan fingerprint density at radius 1 is 1.20 bits per heavy atom. The molecule has 0 fully saturated rings. The molecule has 2 rings (SSSR count). The van der Waals surface area contributed by atoms with Crippen LogP contribution >= 0.6 is 0 Å². The summed E-state index contributed by atoms with van der Waals surface area (Å²) in [7, 11) is -2.22. The van der Waals surface area contributed by atoms with Gasteiger partial charge in [0.05, 0.1) is 23.9 Å². The lowest BCUT2D eigenvalue weighted by molar-refractivity contribution is -0.116. The number of carbonyl (C=O) groups excluding carboxylic acids is 1. The molecule has 0 aliphatic rings. The van der Waals surface area contributed by atoms with Crippen LogP contribution in [0.15, 0.2) is 47.5 Å². The Balaban J connectivity index is 1.76. The van der Waals surface area contributed by atoms with E-state index >= 15 is 0 Å². The molecule has 0 saturated heterocycles. The number of nitrogens with one attached hydrogen (secondary N) is 2. The van der Waals surface area contributed by atoms with Crippen molar-refractivity contribution in [3.8, 4) is 5.88 Å². The fourth-order valence-corrected chi connectivity index (χ4v) is 3.03. The summed E-state index contributed by atoms with van der Waals surface area (Å²) in [5.41, 5.74) is 0.526. The summed E-state index contributed by atoms with van der Waals surface area (Å²) in [5.74, 6) is -0.329. The molecule has 2 N–H and O–H groups in total. The lowest BCUT2D eigenvalue weighted by atomic mass is 10.3. The van der Waals surface area contributed by atoms with E-state index in [-0.39, 0.29) is 23.8 Å². The van der Waals surface area contributed by atoms with E-state index in [9.17, 15) is 17.6 Å². The van der Waals surface area contributed by atoms with Gasteiger partial charge in [0.1, 0.15) is 5.82 Å². The van der Waals surface area contributed by atoms with Crippen molar-refractivity contribution >= 4 is 21.6 Å². The van der Waals surface area contributed by atoms with Gasteiger partial charge in [-0.2, -0.15) is 0 Å². The van der Waals surface area contributed by atoms with E-state index < -0.39 is 15.8 Å². The summed E-state index contributed by atoms with van der Waals surface area (Å²) in [6.07, 6.45) is 1.92. The Morgan fingerprint density at radius 3 is 2.52 bits per heavy atom. The first kappa shape index (κ1) is 18.8. The molecule has 0 radical (unpaired) electrons. The number of rotatable bonds is 8. The van der Waals surface area contributed by atoms with Gasteiger partial charge in [-0.25, -0.2) is 22.5 Å². The van der Waals surface area contributed by atoms with Crippen molar-refractivity contribution in [2.45, 2.75) is 17.7 Å². The molecule has 0 saturated carbocycles. The largest absolute Gasteiger partial charge is 0.481 e. The minimum atomic E-state index is -3.71. The maximum absolute atomic E-state index is 12.8. The predicted octanol–water partition coefficient (Wildman–Crippen LogP) is 1.93. The summed E-state index contributed by atoms with van der Waals surface area (Å²) >= 11 is 0. The normalized spacial score (nSPS) is 11.1. The topological polar surface area (TPSA) is 97.4 Å². The molecule has 1 aromatic carbocycles. The Hall–Kier alpha value is -2.52. The third-order valence-corrected chi connectivity index (χ3v) is 4.70. The maximum Gasteiger partial charge on any atom is 0.240 e. The number of halogens is 1. The third kappa shape index (κ3) is 5.80. The number of nitrogens with zero attached hydrogens (tertiary/aromatic N) is 1. The highest BCUT2D eigenvalue weighted by atomic mass is 32.2. The number of hydrogen-bond acceptors (Lipinski definition) is 5. The lowest BCUT2D eigenvalue weighted by Gasteiger charge is -2.08. The molecule has 0 aliphatic heterocycles. The number of benzene rings is 1. The van der Waals surface area contributed by atoms with Crippen LogP contribution in [0.5, 0.6) is 5.88 Å². The van der Waals surface area contributed by atoms with Crippen molar-refractivity contribution < 1.29 is 22.3 Å². The number of carbonyl (C=O) groups is 1. The number of amides is 1. The molecular weight excluding hydrogens is 349 g/mol. The molecule has 2 aromatic rings. The molecule has 0 unspecified atom stereocenters. The van der Waals surface area contributed by atoms with Gasteiger partial charge >= 0.3 is 0 Å². The van der Waals surface area contributed by atoms with Crippen molar-refractivity contribution in [2.24, 2.45) is 0 Å². The first-order valence-electron chi connectivity index (χ1n) is 7.46. The number of aromatic nitrogens is 1. The molecule has 0 aliphatic carbocycles. The second kappa shape index (κ2) is 8.54. The molecule has 0 spiro atoms. The minimum absolute atomic E-state index is 0.0253. The molecule has 9 heteroatoms.